The van der Waals surface area contributed by atoms with E-state index >= 15 is 0 Å². The fraction of sp³-hybridized carbons (Fsp3) is 0.943. The maximum Gasteiger partial charge on any atom is 0.306 e. The second-order valence-electron chi connectivity index (χ2n) is 12.3. The maximum absolute atomic E-state index is 12.2. The molecule has 0 saturated carbocycles. The number of rotatable bonds is 30. The highest BCUT2D eigenvalue weighted by molar-refractivity contribution is 5.69. The van der Waals surface area contributed by atoms with Crippen molar-refractivity contribution in [1.29, 1.82) is 0 Å². The van der Waals surface area contributed by atoms with Gasteiger partial charge in [-0.05, 0) is 37.5 Å². The van der Waals surface area contributed by atoms with E-state index in [4.69, 9.17) is 9.47 Å². The molecule has 4 nitrogen and oxygen atoms in total. The van der Waals surface area contributed by atoms with Crippen molar-refractivity contribution in [3.8, 4) is 0 Å². The van der Waals surface area contributed by atoms with Gasteiger partial charge >= 0.3 is 11.9 Å². The SMILES string of the molecule is CCCCCCCOC(=O)CCCCCCCCCCCCCCC(CC(=O)OCCCCCCC)C(C)C. The summed E-state index contributed by atoms with van der Waals surface area (Å²) in [6.45, 7) is 10.1. The van der Waals surface area contributed by atoms with Gasteiger partial charge in [-0.15, -0.1) is 0 Å². The van der Waals surface area contributed by atoms with Crippen LogP contribution < -0.4 is 0 Å². The third-order valence-corrected chi connectivity index (χ3v) is 8.10. The number of carbonyl (C=O) groups is 2. The Hall–Kier alpha value is -1.06. The van der Waals surface area contributed by atoms with Crippen LogP contribution in [-0.2, 0) is 19.1 Å². The minimum atomic E-state index is -0.00350. The second kappa shape index (κ2) is 29.9. The van der Waals surface area contributed by atoms with E-state index in [1.54, 1.807) is 0 Å². The summed E-state index contributed by atoms with van der Waals surface area (Å²) in [6.07, 6.45) is 29.5. The molecule has 0 aromatic carbocycles. The van der Waals surface area contributed by atoms with Gasteiger partial charge in [-0.3, -0.25) is 9.59 Å². The van der Waals surface area contributed by atoms with Crippen molar-refractivity contribution in [3.63, 3.8) is 0 Å². The molecule has 1 unspecified atom stereocenters. The van der Waals surface area contributed by atoms with E-state index in [0.717, 1.165) is 32.1 Å². The van der Waals surface area contributed by atoms with Gasteiger partial charge in [0, 0.05) is 12.8 Å². The third kappa shape index (κ3) is 28.3. The summed E-state index contributed by atoms with van der Waals surface area (Å²) < 4.78 is 10.8. The first kappa shape index (κ1) is 37.9. The number of hydrogen-bond acceptors (Lipinski definition) is 4. The van der Waals surface area contributed by atoms with Crippen molar-refractivity contribution >= 4 is 11.9 Å². The van der Waals surface area contributed by atoms with Gasteiger partial charge in [0.15, 0.2) is 0 Å². The summed E-state index contributed by atoms with van der Waals surface area (Å²) in [7, 11) is 0. The molecule has 0 aromatic rings. The Kier molecular flexibility index (Phi) is 29.1. The smallest absolute Gasteiger partial charge is 0.306 e. The van der Waals surface area contributed by atoms with E-state index in [9.17, 15) is 9.59 Å². The first-order valence-electron chi connectivity index (χ1n) is 17.3. The van der Waals surface area contributed by atoms with Crippen molar-refractivity contribution in [1.82, 2.24) is 0 Å². The minimum Gasteiger partial charge on any atom is -0.466 e. The van der Waals surface area contributed by atoms with E-state index in [0.29, 0.717) is 37.9 Å². The normalized spacial score (nSPS) is 12.1. The van der Waals surface area contributed by atoms with Crippen LogP contribution in [0, 0.1) is 11.8 Å². The molecule has 0 radical (unpaired) electrons. The molecule has 0 aromatic heterocycles. The van der Waals surface area contributed by atoms with E-state index < -0.39 is 0 Å². The molecule has 232 valence electrons. The summed E-state index contributed by atoms with van der Waals surface area (Å²) in [5.74, 6) is 1.01. The fourth-order valence-corrected chi connectivity index (χ4v) is 5.24. The molecule has 0 bridgehead atoms. The first-order chi connectivity index (χ1) is 19.0. The largest absolute Gasteiger partial charge is 0.466 e. The summed E-state index contributed by atoms with van der Waals surface area (Å²) in [6, 6.07) is 0. The number of carbonyl (C=O) groups excluding carboxylic acids is 2. The Morgan fingerprint density at radius 1 is 0.487 bits per heavy atom. The van der Waals surface area contributed by atoms with Crippen LogP contribution in [0.5, 0.6) is 0 Å². The molecule has 0 aliphatic rings. The molecule has 0 heterocycles. The fourth-order valence-electron chi connectivity index (χ4n) is 5.24. The minimum absolute atomic E-state index is 0.00350. The molecule has 0 fully saturated rings. The lowest BCUT2D eigenvalue weighted by Gasteiger charge is -2.20. The number of esters is 2. The highest BCUT2D eigenvalue weighted by Gasteiger charge is 2.18. The van der Waals surface area contributed by atoms with Crippen molar-refractivity contribution in [2.75, 3.05) is 13.2 Å². The molecule has 0 amide bonds. The third-order valence-electron chi connectivity index (χ3n) is 8.10. The van der Waals surface area contributed by atoms with Crippen LogP contribution in [0.4, 0.5) is 0 Å². The molecule has 0 spiro atoms. The van der Waals surface area contributed by atoms with E-state index in [1.807, 2.05) is 0 Å². The monoisotopic (exact) mass is 553 g/mol. The average Bonchev–Trinajstić information content (AvgIpc) is 2.91. The van der Waals surface area contributed by atoms with Gasteiger partial charge < -0.3 is 9.47 Å². The van der Waals surface area contributed by atoms with Crippen molar-refractivity contribution in [2.24, 2.45) is 11.8 Å². The van der Waals surface area contributed by atoms with Crippen molar-refractivity contribution in [2.45, 2.75) is 188 Å². The van der Waals surface area contributed by atoms with Crippen LogP contribution in [-0.4, -0.2) is 25.2 Å². The van der Waals surface area contributed by atoms with Crippen LogP contribution in [0.15, 0.2) is 0 Å². The molecule has 4 heteroatoms. The lowest BCUT2D eigenvalue weighted by Crippen LogP contribution is -2.17. The summed E-state index contributed by atoms with van der Waals surface area (Å²) >= 11 is 0. The van der Waals surface area contributed by atoms with Crippen LogP contribution in [0.1, 0.15) is 188 Å². The van der Waals surface area contributed by atoms with Gasteiger partial charge in [-0.25, -0.2) is 0 Å². The first-order valence-corrected chi connectivity index (χ1v) is 17.3. The maximum atomic E-state index is 12.2. The zero-order chi connectivity index (χ0) is 28.8. The summed E-state index contributed by atoms with van der Waals surface area (Å²) in [5.41, 5.74) is 0. The molecular weight excluding hydrogens is 484 g/mol. The van der Waals surface area contributed by atoms with Gasteiger partial charge in [-0.1, -0.05) is 150 Å². The van der Waals surface area contributed by atoms with Crippen LogP contribution in [0.3, 0.4) is 0 Å². The Morgan fingerprint density at radius 3 is 1.33 bits per heavy atom. The van der Waals surface area contributed by atoms with Crippen LogP contribution in [0.2, 0.25) is 0 Å². The molecule has 0 saturated heterocycles. The number of unbranched alkanes of at least 4 members (excludes halogenated alkanes) is 19. The predicted molar refractivity (Wildman–Crippen MR) is 167 cm³/mol. The Balaban J connectivity index is 3.49. The Labute approximate surface area is 244 Å². The molecule has 0 aliphatic heterocycles. The van der Waals surface area contributed by atoms with Crippen LogP contribution >= 0.6 is 0 Å². The predicted octanol–water partition coefficient (Wildman–Crippen LogP) is 11.1. The van der Waals surface area contributed by atoms with Crippen LogP contribution in [0.25, 0.3) is 0 Å². The standard InChI is InChI=1S/C35H68O4/c1-5-7-9-21-25-29-38-34(36)28-24-20-18-16-14-12-11-13-15-17-19-23-27-33(32(3)4)31-35(37)39-30-26-22-10-8-6-2/h32-33H,5-31H2,1-4H3. The Morgan fingerprint density at radius 2 is 0.872 bits per heavy atom. The summed E-state index contributed by atoms with van der Waals surface area (Å²) in [5, 5.41) is 0. The van der Waals surface area contributed by atoms with Crippen molar-refractivity contribution < 1.29 is 19.1 Å². The zero-order valence-corrected chi connectivity index (χ0v) is 26.9. The number of hydrogen-bond donors (Lipinski definition) is 0. The van der Waals surface area contributed by atoms with Gasteiger partial charge in [0.1, 0.15) is 0 Å². The van der Waals surface area contributed by atoms with E-state index in [1.165, 1.54) is 116 Å². The Bertz CT molecular complexity index is 531. The van der Waals surface area contributed by atoms with Gasteiger partial charge in [0.05, 0.1) is 13.2 Å². The van der Waals surface area contributed by atoms with E-state index in [2.05, 4.69) is 27.7 Å². The molecule has 0 aliphatic carbocycles. The second-order valence-corrected chi connectivity index (χ2v) is 12.3. The summed E-state index contributed by atoms with van der Waals surface area (Å²) in [4.78, 5) is 24.0. The molecule has 0 rings (SSSR count). The molecule has 0 N–H and O–H groups in total. The van der Waals surface area contributed by atoms with Gasteiger partial charge in [0.2, 0.25) is 0 Å². The lowest BCUT2D eigenvalue weighted by atomic mass is 9.87. The topological polar surface area (TPSA) is 52.6 Å². The highest BCUT2D eigenvalue weighted by Crippen LogP contribution is 2.24. The van der Waals surface area contributed by atoms with Gasteiger partial charge in [-0.2, -0.15) is 0 Å². The number of ether oxygens (including phenoxy) is 2. The molecule has 39 heavy (non-hydrogen) atoms. The zero-order valence-electron chi connectivity index (χ0n) is 26.9. The van der Waals surface area contributed by atoms with Gasteiger partial charge in [0.25, 0.3) is 0 Å². The van der Waals surface area contributed by atoms with Crippen molar-refractivity contribution in [3.05, 3.63) is 0 Å². The van der Waals surface area contributed by atoms with E-state index in [-0.39, 0.29) is 11.9 Å². The molecule has 1 atom stereocenters. The highest BCUT2D eigenvalue weighted by atomic mass is 16.5. The average molecular weight is 553 g/mol. The lowest BCUT2D eigenvalue weighted by molar-refractivity contribution is -0.145. The quantitative estimate of drug-likeness (QED) is 0.0656. The molecular formula is C35H68O4.